The topological polar surface area (TPSA) is 90.1 Å². The lowest BCUT2D eigenvalue weighted by molar-refractivity contribution is -0.133. The van der Waals surface area contributed by atoms with E-state index in [-0.39, 0.29) is 11.8 Å². The summed E-state index contributed by atoms with van der Waals surface area (Å²) in [5, 5.41) is 6.97. The van der Waals surface area contributed by atoms with E-state index in [9.17, 15) is 4.79 Å². The molecule has 7 heteroatoms. The summed E-state index contributed by atoms with van der Waals surface area (Å²) in [6.45, 7) is 6.06. The summed E-state index contributed by atoms with van der Waals surface area (Å²) in [6.07, 6.45) is 2.73. The zero-order valence-electron chi connectivity index (χ0n) is 16.2. The van der Waals surface area contributed by atoms with E-state index in [1.807, 2.05) is 50.2 Å². The van der Waals surface area contributed by atoms with Crippen LogP contribution < -0.4 is 5.32 Å². The van der Waals surface area contributed by atoms with Crippen molar-refractivity contribution < 1.29 is 14.1 Å². The molecule has 2 atom stereocenters. The summed E-state index contributed by atoms with van der Waals surface area (Å²) in [7, 11) is 0. The first-order valence-electron chi connectivity index (χ1n) is 9.24. The molecule has 0 fully saturated rings. The Hall–Kier alpha value is -3.06. The van der Waals surface area contributed by atoms with E-state index in [4.69, 9.17) is 9.26 Å². The fourth-order valence-electron chi connectivity index (χ4n) is 2.63. The molecule has 0 saturated carbocycles. The predicted octanol–water partition coefficient (Wildman–Crippen LogP) is 3.55. The van der Waals surface area contributed by atoms with Crippen LogP contribution in [0.15, 0.2) is 59.4 Å². The van der Waals surface area contributed by atoms with Crippen molar-refractivity contribution in [2.75, 3.05) is 0 Å². The molecule has 0 bridgehead atoms. The van der Waals surface area contributed by atoms with Gasteiger partial charge >= 0.3 is 0 Å². The molecule has 0 spiro atoms. The number of pyridine rings is 1. The zero-order chi connectivity index (χ0) is 19.9. The van der Waals surface area contributed by atoms with E-state index >= 15 is 0 Å². The molecule has 2 aromatic heterocycles. The summed E-state index contributed by atoms with van der Waals surface area (Å²) in [5.41, 5.74) is 1.77. The second kappa shape index (κ2) is 9.23. The van der Waals surface area contributed by atoms with Crippen molar-refractivity contribution in [2.24, 2.45) is 5.92 Å². The molecule has 0 radical (unpaired) electrons. The number of hydrogen-bond donors (Lipinski definition) is 1. The molecule has 0 aliphatic heterocycles. The summed E-state index contributed by atoms with van der Waals surface area (Å²) < 4.78 is 11.1. The third-order valence-electron chi connectivity index (χ3n) is 4.30. The molecule has 1 amide bonds. The number of amides is 1. The molecule has 3 aromatic rings. The highest BCUT2D eigenvalue weighted by Gasteiger charge is 2.27. The number of ether oxygens (including phenoxy) is 1. The Labute approximate surface area is 164 Å². The van der Waals surface area contributed by atoms with E-state index in [0.717, 1.165) is 11.1 Å². The Morgan fingerprint density at radius 1 is 1.14 bits per heavy atom. The van der Waals surface area contributed by atoms with Crippen LogP contribution in [-0.2, 0) is 16.1 Å². The van der Waals surface area contributed by atoms with Gasteiger partial charge in [-0.25, -0.2) is 0 Å². The molecule has 0 aliphatic carbocycles. The number of carbonyl (C=O) groups excluding carboxylic acids is 1. The van der Waals surface area contributed by atoms with Crippen molar-refractivity contribution in [3.63, 3.8) is 0 Å². The second-order valence-electron chi connectivity index (χ2n) is 6.87. The van der Waals surface area contributed by atoms with E-state index in [2.05, 4.69) is 20.4 Å². The molecular weight excluding hydrogens is 356 g/mol. The minimum Gasteiger partial charge on any atom is -0.364 e. The van der Waals surface area contributed by atoms with Crippen LogP contribution in [0.1, 0.15) is 38.3 Å². The Morgan fingerprint density at radius 2 is 1.93 bits per heavy atom. The Bertz CT molecular complexity index is 881. The molecule has 0 aliphatic rings. The monoisotopic (exact) mass is 380 g/mol. The van der Waals surface area contributed by atoms with Crippen molar-refractivity contribution in [3.8, 4) is 11.4 Å². The molecule has 28 heavy (non-hydrogen) atoms. The molecule has 1 aromatic carbocycles. The van der Waals surface area contributed by atoms with Crippen LogP contribution in [0.5, 0.6) is 0 Å². The maximum Gasteiger partial charge on any atom is 0.249 e. The highest BCUT2D eigenvalue weighted by molar-refractivity contribution is 5.80. The molecule has 0 saturated heterocycles. The fraction of sp³-hybridized carbons (Fsp3) is 0.333. The first-order valence-corrected chi connectivity index (χ1v) is 9.24. The van der Waals surface area contributed by atoms with Gasteiger partial charge in [-0.1, -0.05) is 49.3 Å². The summed E-state index contributed by atoms with van der Waals surface area (Å²) in [4.78, 5) is 21.1. The SMILES string of the molecule is CC(OCc1ccccc1)C(=O)NC(c1nc(-c2cccnc2)no1)C(C)C. The van der Waals surface area contributed by atoms with Gasteiger partial charge in [0.2, 0.25) is 17.6 Å². The Kier molecular flexibility index (Phi) is 6.49. The predicted molar refractivity (Wildman–Crippen MR) is 104 cm³/mol. The van der Waals surface area contributed by atoms with E-state index in [0.29, 0.717) is 18.3 Å². The van der Waals surface area contributed by atoms with Crippen LogP contribution in [0, 0.1) is 5.92 Å². The highest BCUT2D eigenvalue weighted by Crippen LogP contribution is 2.23. The van der Waals surface area contributed by atoms with Crippen LogP contribution in [-0.4, -0.2) is 27.1 Å². The van der Waals surface area contributed by atoms with Gasteiger partial charge in [0.05, 0.1) is 6.61 Å². The first kappa shape index (κ1) is 19.7. The molecule has 2 heterocycles. The van der Waals surface area contributed by atoms with Crippen LogP contribution in [0.3, 0.4) is 0 Å². The minimum atomic E-state index is -0.609. The largest absolute Gasteiger partial charge is 0.364 e. The van der Waals surface area contributed by atoms with Crippen molar-refractivity contribution in [1.82, 2.24) is 20.4 Å². The molecule has 1 N–H and O–H groups in total. The Balaban J connectivity index is 1.64. The summed E-state index contributed by atoms with van der Waals surface area (Å²) >= 11 is 0. The van der Waals surface area contributed by atoms with Gasteiger partial charge in [0.1, 0.15) is 12.1 Å². The lowest BCUT2D eigenvalue weighted by Crippen LogP contribution is -2.39. The van der Waals surface area contributed by atoms with E-state index < -0.39 is 12.1 Å². The number of aromatic nitrogens is 3. The molecule has 146 valence electrons. The average molecular weight is 380 g/mol. The van der Waals surface area contributed by atoms with Crippen molar-refractivity contribution in [3.05, 3.63) is 66.3 Å². The average Bonchev–Trinajstić information content (AvgIpc) is 3.21. The van der Waals surface area contributed by atoms with Crippen molar-refractivity contribution in [1.29, 1.82) is 0 Å². The third-order valence-corrected chi connectivity index (χ3v) is 4.30. The number of hydrogen-bond acceptors (Lipinski definition) is 6. The quantitative estimate of drug-likeness (QED) is 0.643. The van der Waals surface area contributed by atoms with Gasteiger partial charge in [-0.3, -0.25) is 9.78 Å². The summed E-state index contributed by atoms with van der Waals surface area (Å²) in [6, 6.07) is 13.0. The van der Waals surface area contributed by atoms with Crippen LogP contribution in [0.4, 0.5) is 0 Å². The number of benzene rings is 1. The van der Waals surface area contributed by atoms with Gasteiger partial charge in [-0.15, -0.1) is 0 Å². The van der Waals surface area contributed by atoms with Gasteiger partial charge in [-0.05, 0) is 30.5 Å². The fourth-order valence-corrected chi connectivity index (χ4v) is 2.63. The first-order chi connectivity index (χ1) is 13.5. The second-order valence-corrected chi connectivity index (χ2v) is 6.87. The van der Waals surface area contributed by atoms with Gasteiger partial charge < -0.3 is 14.6 Å². The van der Waals surface area contributed by atoms with E-state index in [1.54, 1.807) is 25.4 Å². The van der Waals surface area contributed by atoms with Gasteiger partial charge in [0.15, 0.2) is 0 Å². The lowest BCUT2D eigenvalue weighted by atomic mass is 10.0. The molecule has 2 unspecified atom stereocenters. The summed E-state index contributed by atoms with van der Waals surface area (Å²) in [5.74, 6) is 0.636. The van der Waals surface area contributed by atoms with Crippen LogP contribution in [0.25, 0.3) is 11.4 Å². The maximum absolute atomic E-state index is 12.6. The zero-order valence-corrected chi connectivity index (χ0v) is 16.2. The lowest BCUT2D eigenvalue weighted by Gasteiger charge is -2.21. The van der Waals surface area contributed by atoms with Gasteiger partial charge in [0.25, 0.3) is 0 Å². The number of carbonyl (C=O) groups is 1. The van der Waals surface area contributed by atoms with Crippen molar-refractivity contribution >= 4 is 5.91 Å². The normalized spacial score (nSPS) is 13.3. The number of rotatable bonds is 8. The van der Waals surface area contributed by atoms with Crippen LogP contribution in [0.2, 0.25) is 0 Å². The maximum atomic E-state index is 12.6. The minimum absolute atomic E-state index is 0.0625. The number of nitrogens with zero attached hydrogens (tertiary/aromatic N) is 3. The third kappa shape index (κ3) is 5.01. The molecule has 7 nitrogen and oxygen atoms in total. The smallest absolute Gasteiger partial charge is 0.249 e. The standard InChI is InChI=1S/C21H24N4O3/c1-14(2)18(21-24-19(25-28-21)17-10-7-11-22-12-17)23-20(26)15(3)27-13-16-8-5-4-6-9-16/h4-12,14-15,18H,13H2,1-3H3,(H,23,26). The Morgan fingerprint density at radius 3 is 2.61 bits per heavy atom. The molecular formula is C21H24N4O3. The van der Waals surface area contributed by atoms with Crippen molar-refractivity contribution in [2.45, 2.75) is 39.5 Å². The number of nitrogens with one attached hydrogen (secondary N) is 1. The van der Waals surface area contributed by atoms with E-state index in [1.165, 1.54) is 0 Å². The molecule has 3 rings (SSSR count). The van der Waals surface area contributed by atoms with Gasteiger partial charge in [-0.2, -0.15) is 4.98 Å². The van der Waals surface area contributed by atoms with Crippen LogP contribution >= 0.6 is 0 Å². The highest BCUT2D eigenvalue weighted by atomic mass is 16.5. The van der Waals surface area contributed by atoms with Gasteiger partial charge in [0, 0.05) is 18.0 Å².